The second-order valence-electron chi connectivity index (χ2n) is 7.14. The van der Waals surface area contributed by atoms with E-state index in [1.54, 1.807) is 0 Å². The van der Waals surface area contributed by atoms with Crippen molar-refractivity contribution >= 4 is 0 Å². The van der Waals surface area contributed by atoms with Gasteiger partial charge < -0.3 is 10.1 Å². The largest absolute Gasteiger partial charge is 0.370 e. The van der Waals surface area contributed by atoms with Gasteiger partial charge in [0.1, 0.15) is 0 Å². The Labute approximate surface area is 129 Å². The first-order valence-electron chi connectivity index (χ1n) is 7.95. The molecule has 1 fully saturated rings. The molecule has 1 heterocycles. The van der Waals surface area contributed by atoms with Gasteiger partial charge in [-0.15, -0.1) is 0 Å². The van der Waals surface area contributed by atoms with Crippen LogP contribution in [0, 0.1) is 13.8 Å². The van der Waals surface area contributed by atoms with Crippen molar-refractivity contribution in [2.24, 2.45) is 0 Å². The second kappa shape index (κ2) is 6.47. The molecule has 1 N–H and O–H groups in total. The Bertz CT molecular complexity index is 464. The molecule has 0 bridgehead atoms. The van der Waals surface area contributed by atoms with Crippen LogP contribution >= 0.6 is 0 Å². The summed E-state index contributed by atoms with van der Waals surface area (Å²) >= 11 is 0. The first-order chi connectivity index (χ1) is 9.79. The molecule has 3 heteroatoms. The van der Waals surface area contributed by atoms with Gasteiger partial charge in [-0.05, 0) is 47.2 Å². The van der Waals surface area contributed by atoms with Crippen LogP contribution in [0.15, 0.2) is 18.2 Å². The molecule has 0 radical (unpaired) electrons. The van der Waals surface area contributed by atoms with Crippen LogP contribution in [0.4, 0.5) is 0 Å². The van der Waals surface area contributed by atoms with Crippen molar-refractivity contribution in [1.29, 1.82) is 0 Å². The summed E-state index contributed by atoms with van der Waals surface area (Å²) in [5, 5.41) is 3.48. The predicted octanol–water partition coefficient (Wildman–Crippen LogP) is 3.06. The highest BCUT2D eigenvalue weighted by atomic mass is 16.5. The van der Waals surface area contributed by atoms with Crippen LogP contribution < -0.4 is 5.32 Å². The first-order valence-corrected chi connectivity index (χ1v) is 7.95. The lowest BCUT2D eigenvalue weighted by molar-refractivity contribution is -0.129. The Morgan fingerprint density at radius 3 is 2.43 bits per heavy atom. The van der Waals surface area contributed by atoms with E-state index in [2.05, 4.69) is 70.1 Å². The standard InChI is InChI=1S/C18H30N2O/c1-13-7-14(2)9-16(8-13)17(19-6)11-20-10-15(3)21-18(4,5)12-20/h7-9,15,17,19H,10-12H2,1-6H3. The summed E-state index contributed by atoms with van der Waals surface area (Å²) in [6.07, 6.45) is 0.297. The fraction of sp³-hybridized carbons (Fsp3) is 0.667. The smallest absolute Gasteiger partial charge is 0.0757 e. The third kappa shape index (κ3) is 4.53. The molecule has 1 aromatic carbocycles. The molecule has 0 aromatic heterocycles. The Morgan fingerprint density at radius 2 is 1.90 bits per heavy atom. The van der Waals surface area contributed by atoms with Gasteiger partial charge in [0.2, 0.25) is 0 Å². The molecule has 21 heavy (non-hydrogen) atoms. The van der Waals surface area contributed by atoms with E-state index >= 15 is 0 Å². The number of hydrogen-bond acceptors (Lipinski definition) is 3. The minimum Gasteiger partial charge on any atom is -0.370 e. The van der Waals surface area contributed by atoms with E-state index in [-0.39, 0.29) is 5.60 Å². The first kappa shape index (κ1) is 16.5. The minimum atomic E-state index is -0.0571. The van der Waals surface area contributed by atoms with E-state index in [1.165, 1.54) is 16.7 Å². The highest BCUT2D eigenvalue weighted by molar-refractivity contribution is 5.30. The minimum absolute atomic E-state index is 0.0571. The molecule has 2 atom stereocenters. The number of nitrogens with zero attached hydrogens (tertiary/aromatic N) is 1. The van der Waals surface area contributed by atoms with Gasteiger partial charge >= 0.3 is 0 Å². The Morgan fingerprint density at radius 1 is 1.29 bits per heavy atom. The third-order valence-electron chi connectivity index (χ3n) is 4.08. The van der Waals surface area contributed by atoms with Gasteiger partial charge in [0.05, 0.1) is 11.7 Å². The Hall–Kier alpha value is -0.900. The molecule has 1 aliphatic rings. The van der Waals surface area contributed by atoms with Gasteiger partial charge in [-0.1, -0.05) is 29.3 Å². The van der Waals surface area contributed by atoms with Gasteiger partial charge in [-0.3, -0.25) is 4.90 Å². The van der Waals surface area contributed by atoms with Crippen LogP contribution in [-0.2, 0) is 4.74 Å². The van der Waals surface area contributed by atoms with Crippen molar-refractivity contribution in [2.75, 3.05) is 26.7 Å². The van der Waals surface area contributed by atoms with Gasteiger partial charge in [0.25, 0.3) is 0 Å². The van der Waals surface area contributed by atoms with Crippen LogP contribution in [0.1, 0.15) is 43.5 Å². The summed E-state index contributed by atoms with van der Waals surface area (Å²) in [5.74, 6) is 0. The summed E-state index contributed by atoms with van der Waals surface area (Å²) < 4.78 is 6.00. The third-order valence-corrected chi connectivity index (χ3v) is 4.08. The van der Waals surface area contributed by atoms with Crippen LogP contribution in [-0.4, -0.2) is 43.3 Å². The highest BCUT2D eigenvalue weighted by Gasteiger charge is 2.32. The molecule has 0 aliphatic carbocycles. The van der Waals surface area contributed by atoms with Crippen molar-refractivity contribution in [3.63, 3.8) is 0 Å². The highest BCUT2D eigenvalue weighted by Crippen LogP contribution is 2.24. The van der Waals surface area contributed by atoms with Crippen molar-refractivity contribution in [1.82, 2.24) is 10.2 Å². The van der Waals surface area contributed by atoms with Gasteiger partial charge in [-0.25, -0.2) is 0 Å². The van der Waals surface area contributed by atoms with E-state index in [0.717, 1.165) is 19.6 Å². The van der Waals surface area contributed by atoms with Crippen molar-refractivity contribution in [2.45, 2.75) is 52.4 Å². The summed E-state index contributed by atoms with van der Waals surface area (Å²) in [6.45, 7) is 13.9. The quantitative estimate of drug-likeness (QED) is 0.922. The number of morpholine rings is 1. The van der Waals surface area contributed by atoms with E-state index in [1.807, 2.05) is 0 Å². The number of aryl methyl sites for hydroxylation is 2. The molecule has 3 nitrogen and oxygen atoms in total. The lowest BCUT2D eigenvalue weighted by Crippen LogP contribution is -2.53. The zero-order chi connectivity index (χ0) is 15.6. The molecule has 0 amide bonds. The van der Waals surface area contributed by atoms with Crippen molar-refractivity contribution in [3.05, 3.63) is 34.9 Å². The molecule has 0 saturated carbocycles. The molecule has 118 valence electrons. The topological polar surface area (TPSA) is 24.5 Å². The maximum Gasteiger partial charge on any atom is 0.0757 e. The van der Waals surface area contributed by atoms with Crippen LogP contribution in [0.5, 0.6) is 0 Å². The average Bonchev–Trinajstić information content (AvgIpc) is 2.32. The number of likely N-dealkylation sites (N-methyl/N-ethyl adjacent to an activating group) is 1. The lowest BCUT2D eigenvalue weighted by atomic mass is 9.99. The van der Waals surface area contributed by atoms with Crippen LogP contribution in [0.25, 0.3) is 0 Å². The zero-order valence-electron chi connectivity index (χ0n) is 14.4. The lowest BCUT2D eigenvalue weighted by Gasteiger charge is -2.43. The zero-order valence-corrected chi connectivity index (χ0v) is 14.4. The fourth-order valence-corrected chi connectivity index (χ4v) is 3.56. The monoisotopic (exact) mass is 290 g/mol. The molecule has 2 unspecified atom stereocenters. The molecule has 2 rings (SSSR count). The van der Waals surface area contributed by atoms with E-state index in [9.17, 15) is 0 Å². The maximum atomic E-state index is 6.00. The molecule has 1 aliphatic heterocycles. The summed E-state index contributed by atoms with van der Waals surface area (Å²) in [7, 11) is 2.05. The number of ether oxygens (including phenoxy) is 1. The van der Waals surface area contributed by atoms with E-state index in [4.69, 9.17) is 4.74 Å². The number of nitrogens with one attached hydrogen (secondary N) is 1. The van der Waals surface area contributed by atoms with E-state index < -0.39 is 0 Å². The molecule has 1 aromatic rings. The summed E-state index contributed by atoms with van der Waals surface area (Å²) in [5.41, 5.74) is 3.99. The fourth-order valence-electron chi connectivity index (χ4n) is 3.56. The van der Waals surface area contributed by atoms with Crippen molar-refractivity contribution in [3.8, 4) is 0 Å². The number of hydrogen-bond donors (Lipinski definition) is 1. The van der Waals surface area contributed by atoms with Crippen LogP contribution in [0.2, 0.25) is 0 Å². The normalized spacial score (nSPS) is 24.0. The average molecular weight is 290 g/mol. The number of benzene rings is 1. The number of rotatable bonds is 4. The molecular formula is C18H30N2O. The maximum absolute atomic E-state index is 6.00. The van der Waals surface area contributed by atoms with Gasteiger partial charge in [0, 0.05) is 25.7 Å². The van der Waals surface area contributed by atoms with Gasteiger partial charge in [-0.2, -0.15) is 0 Å². The van der Waals surface area contributed by atoms with Gasteiger partial charge in [0.15, 0.2) is 0 Å². The molecular weight excluding hydrogens is 260 g/mol. The predicted molar refractivity (Wildman–Crippen MR) is 88.8 cm³/mol. The van der Waals surface area contributed by atoms with E-state index in [0.29, 0.717) is 12.1 Å². The van der Waals surface area contributed by atoms with Crippen molar-refractivity contribution < 1.29 is 4.74 Å². The Balaban J connectivity index is 2.11. The molecule has 0 spiro atoms. The van der Waals surface area contributed by atoms with Crippen LogP contribution in [0.3, 0.4) is 0 Å². The Kier molecular flexibility index (Phi) is 5.07. The summed E-state index contributed by atoms with van der Waals surface area (Å²) in [4.78, 5) is 2.52. The second-order valence-corrected chi connectivity index (χ2v) is 7.14. The summed E-state index contributed by atoms with van der Waals surface area (Å²) in [6, 6.07) is 7.19. The SMILES string of the molecule is CNC(CN1CC(C)OC(C)(C)C1)c1cc(C)cc(C)c1. The molecule has 1 saturated heterocycles.